The van der Waals surface area contributed by atoms with Gasteiger partial charge in [0.25, 0.3) is 0 Å². The average molecular weight is 398 g/mol. The van der Waals surface area contributed by atoms with Crippen molar-refractivity contribution >= 4 is 11.7 Å². The van der Waals surface area contributed by atoms with Gasteiger partial charge in [-0.25, -0.2) is 0 Å². The Labute approximate surface area is 175 Å². The minimum atomic E-state index is 0.109. The highest BCUT2D eigenvalue weighted by atomic mass is 16.5. The molecule has 0 N–H and O–H groups in total. The van der Waals surface area contributed by atoms with Crippen molar-refractivity contribution < 1.29 is 14.3 Å². The van der Waals surface area contributed by atoms with Crippen LogP contribution in [0.4, 0.5) is 0 Å². The number of hydrogen-bond acceptors (Lipinski definition) is 3. The van der Waals surface area contributed by atoms with E-state index in [0.29, 0.717) is 41.9 Å². The van der Waals surface area contributed by atoms with Gasteiger partial charge in [0, 0.05) is 31.3 Å². The summed E-state index contributed by atoms with van der Waals surface area (Å²) in [5.41, 5.74) is 1.22. The maximum Gasteiger partial charge on any atom is 0.222 e. The van der Waals surface area contributed by atoms with Gasteiger partial charge in [0.1, 0.15) is 11.5 Å². The molecule has 5 atom stereocenters. The lowest BCUT2D eigenvalue weighted by Crippen LogP contribution is -2.59. The fraction of sp³-hybridized carbons (Fsp3) is 0.680. The van der Waals surface area contributed by atoms with Crippen LogP contribution in [0.15, 0.2) is 24.3 Å². The third kappa shape index (κ3) is 4.08. The number of carbonyl (C=O) groups is 2. The van der Waals surface area contributed by atoms with Crippen molar-refractivity contribution in [3.8, 4) is 5.75 Å². The van der Waals surface area contributed by atoms with Crippen LogP contribution < -0.4 is 4.74 Å². The van der Waals surface area contributed by atoms with Crippen LogP contribution in [0.25, 0.3) is 0 Å². The maximum absolute atomic E-state index is 13.1. The summed E-state index contributed by atoms with van der Waals surface area (Å²) in [6.45, 7) is 3.00. The number of methoxy groups -OCH3 is 1. The van der Waals surface area contributed by atoms with E-state index in [9.17, 15) is 9.59 Å². The summed E-state index contributed by atoms with van der Waals surface area (Å²) < 4.78 is 5.27. The summed E-state index contributed by atoms with van der Waals surface area (Å²) in [7, 11) is 1.68. The van der Waals surface area contributed by atoms with Gasteiger partial charge in [-0.3, -0.25) is 9.59 Å². The van der Waals surface area contributed by atoms with Crippen molar-refractivity contribution in [1.29, 1.82) is 0 Å². The number of benzene rings is 1. The molecule has 2 saturated carbocycles. The molecule has 0 bridgehead atoms. The quantitative estimate of drug-likeness (QED) is 0.702. The Hall–Kier alpha value is -1.84. The highest BCUT2D eigenvalue weighted by Gasteiger charge is 2.52. The standard InChI is InChI=1S/C25H35NO3/c1-3-4-8-24(28)26-14-13-18-16-23(27)21(20-6-5-7-22(26)25(18)20)15-17-9-11-19(29-2)12-10-17/h9-12,18,20-22,25H,3-8,13-16H2,1-2H3/t18-,20+,21+,22+,25+/m1/s1. The molecular formula is C25H35NO3. The summed E-state index contributed by atoms with van der Waals surface area (Å²) in [5, 5.41) is 0. The van der Waals surface area contributed by atoms with Crippen LogP contribution in [0.3, 0.4) is 0 Å². The van der Waals surface area contributed by atoms with E-state index in [-0.39, 0.29) is 5.92 Å². The number of ketones is 1. The van der Waals surface area contributed by atoms with E-state index < -0.39 is 0 Å². The molecule has 1 heterocycles. The van der Waals surface area contributed by atoms with Crippen molar-refractivity contribution in [3.05, 3.63) is 29.8 Å². The van der Waals surface area contributed by atoms with Gasteiger partial charge in [-0.2, -0.15) is 0 Å². The topological polar surface area (TPSA) is 46.6 Å². The molecular weight excluding hydrogens is 362 g/mol. The maximum atomic E-state index is 13.1. The van der Waals surface area contributed by atoms with Gasteiger partial charge in [0.15, 0.2) is 0 Å². The Morgan fingerprint density at radius 1 is 1.17 bits per heavy atom. The molecule has 0 radical (unpaired) electrons. The van der Waals surface area contributed by atoms with Crippen LogP contribution in [0, 0.1) is 23.7 Å². The van der Waals surface area contributed by atoms with E-state index in [1.165, 1.54) is 5.56 Å². The summed E-state index contributed by atoms with van der Waals surface area (Å²) >= 11 is 0. The number of unbranched alkanes of at least 4 members (excludes halogenated alkanes) is 1. The number of rotatable bonds is 6. The molecule has 0 spiro atoms. The summed E-state index contributed by atoms with van der Waals surface area (Å²) in [6, 6.07) is 8.54. The number of hydrogen-bond donors (Lipinski definition) is 0. The molecule has 4 nitrogen and oxygen atoms in total. The number of carbonyl (C=O) groups excluding carboxylic acids is 2. The Bertz CT molecular complexity index is 728. The fourth-order valence-corrected chi connectivity index (χ4v) is 6.34. The SMILES string of the molecule is CCCCC(=O)N1CC[C@@H]2CC(=O)[C@@H](Cc3ccc(OC)cc3)[C@@H]3CCC[C@H]1[C@@H]23. The zero-order valence-electron chi connectivity index (χ0n) is 17.9. The van der Waals surface area contributed by atoms with Crippen LogP contribution in [0.5, 0.6) is 5.75 Å². The number of piperidine rings is 1. The largest absolute Gasteiger partial charge is 0.497 e. The monoisotopic (exact) mass is 397 g/mol. The van der Waals surface area contributed by atoms with Crippen molar-refractivity contribution in [2.45, 2.75) is 70.8 Å². The molecule has 3 aliphatic rings. The predicted molar refractivity (Wildman–Crippen MR) is 114 cm³/mol. The molecule has 3 fully saturated rings. The zero-order chi connectivity index (χ0) is 20.4. The number of likely N-dealkylation sites (tertiary alicyclic amines) is 1. The molecule has 29 heavy (non-hydrogen) atoms. The molecule has 0 unspecified atom stereocenters. The molecule has 158 valence electrons. The molecule has 4 heteroatoms. The summed E-state index contributed by atoms with van der Waals surface area (Å²) in [4.78, 5) is 28.2. The molecule has 2 aliphatic carbocycles. The van der Waals surface area contributed by atoms with Crippen molar-refractivity contribution in [3.63, 3.8) is 0 Å². The van der Waals surface area contributed by atoms with Crippen LogP contribution in [-0.4, -0.2) is 36.3 Å². The lowest BCUT2D eigenvalue weighted by Gasteiger charge is -2.55. The van der Waals surface area contributed by atoms with E-state index in [4.69, 9.17) is 4.74 Å². The van der Waals surface area contributed by atoms with Gasteiger partial charge < -0.3 is 9.64 Å². The zero-order valence-corrected chi connectivity index (χ0v) is 17.9. The summed E-state index contributed by atoms with van der Waals surface area (Å²) in [6.07, 6.45) is 8.70. The highest BCUT2D eigenvalue weighted by Crippen LogP contribution is 2.51. The van der Waals surface area contributed by atoms with E-state index in [1.807, 2.05) is 12.1 Å². The molecule has 0 aromatic heterocycles. The van der Waals surface area contributed by atoms with Crippen LogP contribution in [0.1, 0.15) is 63.9 Å². The number of Topliss-reactive ketones (excluding diaryl/α,β-unsaturated/α-hetero) is 1. The minimum Gasteiger partial charge on any atom is -0.497 e. The third-order valence-electron chi connectivity index (χ3n) is 7.73. The normalized spacial score (nSPS) is 31.3. The Kier molecular flexibility index (Phi) is 6.26. The molecule has 4 rings (SSSR count). The first-order chi connectivity index (χ1) is 14.1. The van der Waals surface area contributed by atoms with Gasteiger partial charge in [-0.15, -0.1) is 0 Å². The van der Waals surface area contributed by atoms with E-state index >= 15 is 0 Å². The fourth-order valence-electron chi connectivity index (χ4n) is 6.34. The van der Waals surface area contributed by atoms with Crippen molar-refractivity contribution in [2.24, 2.45) is 23.7 Å². The second kappa shape index (κ2) is 8.89. The highest BCUT2D eigenvalue weighted by molar-refractivity contribution is 5.83. The van der Waals surface area contributed by atoms with Crippen molar-refractivity contribution in [2.75, 3.05) is 13.7 Å². The Morgan fingerprint density at radius 3 is 2.69 bits per heavy atom. The Balaban J connectivity index is 1.53. The van der Waals surface area contributed by atoms with Gasteiger partial charge >= 0.3 is 0 Å². The van der Waals surface area contributed by atoms with E-state index in [1.54, 1.807) is 7.11 Å². The lowest BCUT2D eigenvalue weighted by atomic mass is 9.55. The third-order valence-corrected chi connectivity index (χ3v) is 7.73. The van der Waals surface area contributed by atoms with E-state index in [2.05, 4.69) is 24.0 Å². The van der Waals surface area contributed by atoms with Crippen LogP contribution >= 0.6 is 0 Å². The second-order valence-corrected chi connectivity index (χ2v) is 9.31. The van der Waals surface area contributed by atoms with Crippen LogP contribution in [-0.2, 0) is 16.0 Å². The lowest BCUT2D eigenvalue weighted by molar-refractivity contribution is -0.149. The minimum absolute atomic E-state index is 0.109. The molecule has 1 amide bonds. The first kappa shape index (κ1) is 20.4. The smallest absolute Gasteiger partial charge is 0.222 e. The van der Waals surface area contributed by atoms with Gasteiger partial charge in [0.05, 0.1) is 7.11 Å². The number of nitrogens with zero attached hydrogens (tertiary/aromatic N) is 1. The molecule has 1 saturated heterocycles. The molecule has 1 aliphatic heterocycles. The predicted octanol–water partition coefficient (Wildman–Crippen LogP) is 4.65. The van der Waals surface area contributed by atoms with Gasteiger partial charge in [-0.1, -0.05) is 31.9 Å². The van der Waals surface area contributed by atoms with Crippen molar-refractivity contribution in [1.82, 2.24) is 4.90 Å². The number of ether oxygens (including phenoxy) is 1. The summed E-state index contributed by atoms with van der Waals surface area (Å²) in [5.74, 6) is 3.21. The Morgan fingerprint density at radius 2 is 1.97 bits per heavy atom. The molecule has 1 aromatic rings. The van der Waals surface area contributed by atoms with Crippen LogP contribution in [0.2, 0.25) is 0 Å². The first-order valence-electron chi connectivity index (χ1n) is 11.6. The van der Waals surface area contributed by atoms with E-state index in [0.717, 1.165) is 63.7 Å². The van der Waals surface area contributed by atoms with Gasteiger partial charge in [-0.05, 0) is 67.6 Å². The van der Waals surface area contributed by atoms with Gasteiger partial charge in [0.2, 0.25) is 5.91 Å². The average Bonchev–Trinajstić information content (AvgIpc) is 2.75. The second-order valence-electron chi connectivity index (χ2n) is 9.31. The first-order valence-corrected chi connectivity index (χ1v) is 11.6. The number of amides is 1. The molecule has 1 aromatic carbocycles.